The second kappa shape index (κ2) is 16.8. The topological polar surface area (TPSA) is 90.2 Å². The molecule has 0 spiro atoms. The third-order valence-electron chi connectivity index (χ3n) is 10.9. The SMILES string of the molecule is Cc1ccc(-c2nc(-c3ccc(C)cc3)nc(-c3cccc(-c4c(-c5cccnc5)cccc4-c4ccccc4-c4nc(-c5ccccc5)nc(-c5ccccc5)n4)c3)n2)cc1. The van der Waals surface area contributed by atoms with Crippen LogP contribution in [0.5, 0.6) is 0 Å². The molecule has 0 aliphatic rings. The molecule has 0 saturated carbocycles. The first kappa shape index (κ1) is 37.9. The molecule has 0 radical (unpaired) electrons. The van der Waals surface area contributed by atoms with Crippen LogP contribution >= 0.6 is 0 Å². The highest BCUT2D eigenvalue weighted by atomic mass is 15.0. The second-order valence-electron chi connectivity index (χ2n) is 15.2. The minimum Gasteiger partial charge on any atom is -0.264 e. The number of aromatic nitrogens is 7. The van der Waals surface area contributed by atoms with E-state index in [1.54, 1.807) is 6.20 Å². The predicted octanol–water partition coefficient (Wildman–Crippen LogP) is 13.1. The van der Waals surface area contributed by atoms with Crippen LogP contribution in [0.1, 0.15) is 11.1 Å². The molecule has 62 heavy (non-hydrogen) atoms. The average molecular weight is 798 g/mol. The summed E-state index contributed by atoms with van der Waals surface area (Å²) < 4.78 is 0. The zero-order valence-electron chi connectivity index (χ0n) is 34.2. The zero-order chi connectivity index (χ0) is 41.8. The molecule has 0 unspecified atom stereocenters. The quantitative estimate of drug-likeness (QED) is 0.144. The summed E-state index contributed by atoms with van der Waals surface area (Å²) in [4.78, 5) is 35.0. The number of hydrogen-bond acceptors (Lipinski definition) is 7. The van der Waals surface area contributed by atoms with Gasteiger partial charge in [0.1, 0.15) is 0 Å². The molecule has 0 bridgehead atoms. The van der Waals surface area contributed by atoms with Gasteiger partial charge in [0.15, 0.2) is 34.9 Å². The van der Waals surface area contributed by atoms with Gasteiger partial charge in [-0.15, -0.1) is 0 Å². The number of rotatable bonds is 9. The highest BCUT2D eigenvalue weighted by molar-refractivity contribution is 5.98. The Hall–Kier alpha value is -8.29. The Morgan fingerprint density at radius 1 is 0.274 bits per heavy atom. The van der Waals surface area contributed by atoms with Gasteiger partial charge in [-0.1, -0.05) is 187 Å². The summed E-state index contributed by atoms with van der Waals surface area (Å²) >= 11 is 0. The highest BCUT2D eigenvalue weighted by Crippen LogP contribution is 2.44. The molecular weight excluding hydrogens is 759 g/mol. The summed E-state index contributed by atoms with van der Waals surface area (Å²) in [7, 11) is 0. The summed E-state index contributed by atoms with van der Waals surface area (Å²) in [5.41, 5.74) is 13.8. The van der Waals surface area contributed by atoms with Gasteiger partial charge in [-0.3, -0.25) is 4.98 Å². The van der Waals surface area contributed by atoms with Crippen LogP contribution in [0, 0.1) is 13.8 Å². The van der Waals surface area contributed by atoms with Crippen LogP contribution in [0.15, 0.2) is 200 Å². The Labute approximate surface area is 360 Å². The van der Waals surface area contributed by atoms with E-state index < -0.39 is 0 Å². The first-order valence-electron chi connectivity index (χ1n) is 20.6. The summed E-state index contributed by atoms with van der Waals surface area (Å²) in [5.74, 6) is 3.60. The van der Waals surface area contributed by atoms with Crippen molar-refractivity contribution < 1.29 is 0 Å². The Bertz CT molecular complexity index is 3050. The van der Waals surface area contributed by atoms with Gasteiger partial charge < -0.3 is 0 Å². The maximum atomic E-state index is 5.14. The molecule has 0 amide bonds. The predicted molar refractivity (Wildman–Crippen MR) is 249 cm³/mol. The summed E-state index contributed by atoms with van der Waals surface area (Å²) in [6.45, 7) is 4.16. The Morgan fingerprint density at radius 2 is 0.677 bits per heavy atom. The van der Waals surface area contributed by atoms with Crippen molar-refractivity contribution in [2.45, 2.75) is 13.8 Å². The molecule has 0 N–H and O–H groups in total. The number of aryl methyl sites for hydroxylation is 2. The summed E-state index contributed by atoms with van der Waals surface area (Å²) in [6.07, 6.45) is 3.71. The van der Waals surface area contributed by atoms with E-state index >= 15 is 0 Å². The molecule has 0 atom stereocenters. The van der Waals surface area contributed by atoms with Gasteiger partial charge in [-0.05, 0) is 53.8 Å². The first-order valence-corrected chi connectivity index (χ1v) is 20.6. The molecule has 10 aromatic rings. The molecule has 7 nitrogen and oxygen atoms in total. The van der Waals surface area contributed by atoms with E-state index in [2.05, 4.69) is 134 Å². The molecule has 294 valence electrons. The lowest BCUT2D eigenvalue weighted by Crippen LogP contribution is -2.01. The van der Waals surface area contributed by atoms with E-state index in [0.717, 1.165) is 66.8 Å². The smallest absolute Gasteiger partial charge is 0.164 e. The fourth-order valence-electron chi connectivity index (χ4n) is 7.67. The largest absolute Gasteiger partial charge is 0.264 e. The van der Waals surface area contributed by atoms with Crippen LogP contribution in [0.3, 0.4) is 0 Å². The monoisotopic (exact) mass is 797 g/mol. The van der Waals surface area contributed by atoms with Gasteiger partial charge in [-0.25, -0.2) is 29.9 Å². The molecule has 0 aliphatic carbocycles. The number of nitrogens with zero attached hydrogens (tertiary/aromatic N) is 7. The van der Waals surface area contributed by atoms with Crippen molar-refractivity contribution in [2.24, 2.45) is 0 Å². The van der Waals surface area contributed by atoms with Crippen LogP contribution in [0.2, 0.25) is 0 Å². The van der Waals surface area contributed by atoms with Crippen molar-refractivity contribution in [3.8, 4) is 102 Å². The lowest BCUT2D eigenvalue weighted by molar-refractivity contribution is 1.07. The van der Waals surface area contributed by atoms with Crippen LogP contribution in [0.4, 0.5) is 0 Å². The third kappa shape index (κ3) is 7.78. The number of benzene rings is 7. The molecule has 0 saturated heterocycles. The van der Waals surface area contributed by atoms with Crippen molar-refractivity contribution in [1.82, 2.24) is 34.9 Å². The lowest BCUT2D eigenvalue weighted by atomic mass is 9.86. The maximum Gasteiger partial charge on any atom is 0.164 e. The van der Waals surface area contributed by atoms with Crippen molar-refractivity contribution in [2.75, 3.05) is 0 Å². The maximum absolute atomic E-state index is 5.14. The molecular formula is C55H39N7. The standard InChI is InChI=1S/C55H39N7/c1-36-25-29-40(30-26-36)52-58-53(41-31-27-37(2)28-32-41)60-54(59-52)43-19-11-18-42(34-43)49-45(44-20-13-33-56-35-44)23-12-24-47(49)46-21-9-10-22-48(46)55-61-50(38-14-5-3-6-15-38)57-51(62-55)39-16-7-4-8-17-39/h3-35H,1-2H3. The van der Waals surface area contributed by atoms with Crippen LogP contribution in [-0.2, 0) is 0 Å². The fourth-order valence-corrected chi connectivity index (χ4v) is 7.67. The zero-order valence-corrected chi connectivity index (χ0v) is 34.2. The minimum absolute atomic E-state index is 0.581. The molecule has 3 heterocycles. The normalized spacial score (nSPS) is 11.1. The fraction of sp³-hybridized carbons (Fsp3) is 0.0364. The Balaban J connectivity index is 1.17. The van der Waals surface area contributed by atoms with Gasteiger partial charge in [0, 0.05) is 51.3 Å². The minimum atomic E-state index is 0.581. The molecule has 7 aromatic carbocycles. The second-order valence-corrected chi connectivity index (χ2v) is 15.2. The van der Waals surface area contributed by atoms with E-state index in [0.29, 0.717) is 34.9 Å². The van der Waals surface area contributed by atoms with E-state index in [1.807, 2.05) is 79.0 Å². The summed E-state index contributed by atoms with van der Waals surface area (Å²) in [5, 5.41) is 0. The van der Waals surface area contributed by atoms with Crippen molar-refractivity contribution in [3.63, 3.8) is 0 Å². The van der Waals surface area contributed by atoms with E-state index in [1.165, 1.54) is 11.1 Å². The van der Waals surface area contributed by atoms with E-state index in [9.17, 15) is 0 Å². The summed E-state index contributed by atoms with van der Waals surface area (Å²) in [6, 6.07) is 64.0. The highest BCUT2D eigenvalue weighted by Gasteiger charge is 2.21. The van der Waals surface area contributed by atoms with Crippen molar-refractivity contribution >= 4 is 0 Å². The van der Waals surface area contributed by atoms with Gasteiger partial charge in [0.25, 0.3) is 0 Å². The van der Waals surface area contributed by atoms with Crippen molar-refractivity contribution in [1.29, 1.82) is 0 Å². The van der Waals surface area contributed by atoms with Crippen molar-refractivity contribution in [3.05, 3.63) is 212 Å². The van der Waals surface area contributed by atoms with Crippen LogP contribution < -0.4 is 0 Å². The molecule has 7 heteroatoms. The molecule has 10 rings (SSSR count). The van der Waals surface area contributed by atoms with Gasteiger partial charge in [0.2, 0.25) is 0 Å². The molecule has 0 fully saturated rings. The van der Waals surface area contributed by atoms with Gasteiger partial charge in [-0.2, -0.15) is 0 Å². The van der Waals surface area contributed by atoms with E-state index in [-0.39, 0.29) is 0 Å². The van der Waals surface area contributed by atoms with Gasteiger partial charge >= 0.3 is 0 Å². The Kier molecular flexibility index (Phi) is 10.3. The van der Waals surface area contributed by atoms with Gasteiger partial charge in [0.05, 0.1) is 0 Å². The first-order chi connectivity index (χ1) is 30.5. The number of pyridine rings is 1. The third-order valence-corrected chi connectivity index (χ3v) is 10.9. The molecule has 0 aliphatic heterocycles. The lowest BCUT2D eigenvalue weighted by Gasteiger charge is -2.19. The van der Waals surface area contributed by atoms with Crippen LogP contribution in [-0.4, -0.2) is 34.9 Å². The van der Waals surface area contributed by atoms with Crippen LogP contribution in [0.25, 0.3) is 102 Å². The van der Waals surface area contributed by atoms with E-state index in [4.69, 9.17) is 29.9 Å². The molecule has 3 aromatic heterocycles. The number of hydrogen-bond donors (Lipinski definition) is 0. The Morgan fingerprint density at radius 3 is 1.23 bits per heavy atom. The average Bonchev–Trinajstić information content (AvgIpc) is 3.35.